The Balaban J connectivity index is 1.46. The molecule has 0 saturated heterocycles. The van der Waals surface area contributed by atoms with Crippen LogP contribution in [0, 0.1) is 18.6 Å². The number of aromatic nitrogens is 4. The van der Waals surface area contributed by atoms with E-state index >= 15 is 0 Å². The zero-order valence-corrected chi connectivity index (χ0v) is 18.8. The molecular formula is C22H25F2N7O2. The summed E-state index contributed by atoms with van der Waals surface area (Å²) in [5.41, 5.74) is 2.69. The number of hydrogen-bond acceptors (Lipinski definition) is 7. The van der Waals surface area contributed by atoms with Gasteiger partial charge in [0.2, 0.25) is 11.9 Å². The predicted octanol–water partition coefficient (Wildman–Crippen LogP) is 2.71. The minimum absolute atomic E-state index is 0.166. The molecule has 0 bridgehead atoms. The molecule has 4 rings (SSSR count). The number of halogens is 2. The van der Waals surface area contributed by atoms with E-state index in [4.69, 9.17) is 4.74 Å². The molecule has 174 valence electrons. The van der Waals surface area contributed by atoms with Gasteiger partial charge >= 0.3 is 0 Å². The fraction of sp³-hybridized carbons (Fsp3) is 0.364. The lowest BCUT2D eigenvalue weighted by atomic mass is 10.1. The summed E-state index contributed by atoms with van der Waals surface area (Å²) in [6.07, 6.45) is 3.17. The lowest BCUT2D eigenvalue weighted by Gasteiger charge is -2.37. The molecule has 3 heterocycles. The van der Waals surface area contributed by atoms with Crippen LogP contribution in [0.5, 0.6) is 0 Å². The van der Waals surface area contributed by atoms with Crippen molar-refractivity contribution < 1.29 is 18.3 Å². The number of carbonyl (C=O) groups excluding carboxylic acids is 1. The second-order valence-electron chi connectivity index (χ2n) is 7.97. The first-order valence-corrected chi connectivity index (χ1v) is 10.4. The molecule has 9 nitrogen and oxygen atoms in total. The molecule has 3 aromatic rings. The minimum atomic E-state index is -0.884. The number of amides is 1. The van der Waals surface area contributed by atoms with Gasteiger partial charge in [0.1, 0.15) is 11.7 Å². The number of benzene rings is 1. The fourth-order valence-corrected chi connectivity index (χ4v) is 3.79. The number of methoxy groups -OCH3 is 1. The molecule has 1 aliphatic heterocycles. The number of anilines is 3. The molecule has 0 fully saturated rings. The van der Waals surface area contributed by atoms with Gasteiger partial charge in [0, 0.05) is 32.5 Å². The Kier molecular flexibility index (Phi) is 6.23. The molecule has 0 aliphatic carbocycles. The minimum Gasteiger partial charge on any atom is -0.379 e. The van der Waals surface area contributed by atoms with E-state index in [2.05, 4.69) is 25.7 Å². The summed E-state index contributed by atoms with van der Waals surface area (Å²) in [7, 11) is 3.36. The molecule has 2 aromatic heterocycles. The number of carbonyl (C=O) groups is 1. The number of fused-ring (bicyclic) bond motifs is 1. The number of ether oxygens (including phenoxy) is 1. The van der Waals surface area contributed by atoms with E-state index in [1.165, 1.54) is 6.07 Å². The van der Waals surface area contributed by atoms with E-state index in [9.17, 15) is 13.6 Å². The summed E-state index contributed by atoms with van der Waals surface area (Å²) in [6.45, 7) is 4.36. The second kappa shape index (κ2) is 9.10. The monoisotopic (exact) mass is 457 g/mol. The molecular weight excluding hydrogens is 432 g/mol. The maximum Gasteiger partial charge on any atom is 0.249 e. The van der Waals surface area contributed by atoms with E-state index < -0.39 is 17.7 Å². The third kappa shape index (κ3) is 4.63. The standard InChI is InChI=1S/C22H25F2N7O2/c1-12-18-20(30(3)19(13(2)33-4)21(32)28-18)29-22(27-12)25-8-15-9-26-31(11-15)10-14-5-6-16(23)17(24)7-14/h5-7,9,11,13,19H,8,10H2,1-4H3,(H,28,32)(H,25,27,29)/t13-,19?/m1/s1. The second-order valence-corrected chi connectivity index (χ2v) is 7.97. The van der Waals surface area contributed by atoms with Crippen molar-refractivity contribution in [1.82, 2.24) is 19.7 Å². The first-order valence-electron chi connectivity index (χ1n) is 10.4. The molecule has 1 aromatic carbocycles. The van der Waals surface area contributed by atoms with E-state index in [1.54, 1.807) is 36.9 Å². The Bertz CT molecular complexity index is 1180. The number of likely N-dealkylation sites (N-methyl/N-ethyl adjacent to an activating group) is 1. The molecule has 1 amide bonds. The van der Waals surface area contributed by atoms with Gasteiger partial charge in [-0.2, -0.15) is 10.1 Å². The lowest BCUT2D eigenvalue weighted by Crippen LogP contribution is -2.53. The summed E-state index contributed by atoms with van der Waals surface area (Å²) in [5.74, 6) is -0.915. The molecule has 1 aliphatic rings. The highest BCUT2D eigenvalue weighted by Gasteiger charge is 2.37. The van der Waals surface area contributed by atoms with Crippen molar-refractivity contribution in [3.05, 3.63) is 59.0 Å². The highest BCUT2D eigenvalue weighted by molar-refractivity contribution is 6.03. The number of rotatable bonds is 7. The summed E-state index contributed by atoms with van der Waals surface area (Å²) in [5, 5.41) is 10.3. The third-order valence-corrected chi connectivity index (χ3v) is 5.62. The van der Waals surface area contributed by atoms with Crippen LogP contribution in [0.25, 0.3) is 0 Å². The van der Waals surface area contributed by atoms with Crippen LogP contribution in [-0.2, 0) is 22.6 Å². The van der Waals surface area contributed by atoms with E-state index in [1.807, 2.05) is 13.1 Å². The lowest BCUT2D eigenvalue weighted by molar-refractivity contribution is -0.120. The zero-order chi connectivity index (χ0) is 23.7. The molecule has 33 heavy (non-hydrogen) atoms. The van der Waals surface area contributed by atoms with Crippen molar-refractivity contribution >= 4 is 23.4 Å². The van der Waals surface area contributed by atoms with E-state index in [0.717, 1.165) is 17.7 Å². The van der Waals surface area contributed by atoms with Gasteiger partial charge in [-0.3, -0.25) is 9.48 Å². The number of aryl methyl sites for hydroxylation is 1. The van der Waals surface area contributed by atoms with Gasteiger partial charge in [-0.05, 0) is 31.5 Å². The van der Waals surface area contributed by atoms with Gasteiger partial charge < -0.3 is 20.3 Å². The van der Waals surface area contributed by atoms with Crippen LogP contribution in [0.2, 0.25) is 0 Å². The van der Waals surface area contributed by atoms with Crippen LogP contribution in [-0.4, -0.2) is 52.0 Å². The van der Waals surface area contributed by atoms with Crippen LogP contribution in [0.3, 0.4) is 0 Å². The Morgan fingerprint density at radius 3 is 2.76 bits per heavy atom. The quantitative estimate of drug-likeness (QED) is 0.563. The van der Waals surface area contributed by atoms with Crippen molar-refractivity contribution in [2.24, 2.45) is 0 Å². The first-order chi connectivity index (χ1) is 15.8. The maximum atomic E-state index is 13.4. The van der Waals surface area contributed by atoms with Gasteiger partial charge in [-0.25, -0.2) is 13.8 Å². The normalized spacial score (nSPS) is 16.4. The average molecular weight is 457 g/mol. The first kappa shape index (κ1) is 22.6. The average Bonchev–Trinajstić information content (AvgIpc) is 3.23. The van der Waals surface area contributed by atoms with Crippen molar-refractivity contribution in [2.75, 3.05) is 29.7 Å². The summed E-state index contributed by atoms with van der Waals surface area (Å²) in [4.78, 5) is 23.4. The van der Waals surface area contributed by atoms with Crippen LogP contribution in [0.15, 0.2) is 30.6 Å². The van der Waals surface area contributed by atoms with Crippen LogP contribution in [0.1, 0.15) is 23.7 Å². The van der Waals surface area contributed by atoms with E-state index in [-0.39, 0.29) is 12.0 Å². The molecule has 0 spiro atoms. The maximum absolute atomic E-state index is 13.4. The Labute approximate surface area is 189 Å². The van der Waals surface area contributed by atoms with Gasteiger partial charge in [0.25, 0.3) is 0 Å². The third-order valence-electron chi connectivity index (χ3n) is 5.62. The molecule has 2 N–H and O–H groups in total. The van der Waals surface area contributed by atoms with Crippen LogP contribution in [0.4, 0.5) is 26.2 Å². The van der Waals surface area contributed by atoms with Crippen molar-refractivity contribution in [2.45, 2.75) is 39.1 Å². The van der Waals surface area contributed by atoms with Crippen molar-refractivity contribution in [1.29, 1.82) is 0 Å². The molecule has 2 atom stereocenters. The van der Waals surface area contributed by atoms with Crippen molar-refractivity contribution in [3.63, 3.8) is 0 Å². The summed E-state index contributed by atoms with van der Waals surface area (Å²) < 4.78 is 33.5. The smallest absolute Gasteiger partial charge is 0.249 e. The number of hydrogen-bond donors (Lipinski definition) is 2. The van der Waals surface area contributed by atoms with Crippen LogP contribution < -0.4 is 15.5 Å². The van der Waals surface area contributed by atoms with Gasteiger partial charge in [0.15, 0.2) is 17.5 Å². The molecule has 0 saturated carbocycles. The molecule has 11 heteroatoms. The topological polar surface area (TPSA) is 97.2 Å². The van der Waals surface area contributed by atoms with Gasteiger partial charge in [-0.15, -0.1) is 0 Å². The highest BCUT2D eigenvalue weighted by atomic mass is 19.2. The Morgan fingerprint density at radius 2 is 2.03 bits per heavy atom. The van der Waals surface area contributed by atoms with Crippen molar-refractivity contribution in [3.8, 4) is 0 Å². The van der Waals surface area contributed by atoms with E-state index in [0.29, 0.717) is 41.8 Å². The molecule has 0 radical (unpaired) electrons. The highest BCUT2D eigenvalue weighted by Crippen LogP contribution is 2.33. The van der Waals surface area contributed by atoms with Crippen LogP contribution >= 0.6 is 0 Å². The number of nitrogens with one attached hydrogen (secondary N) is 2. The summed E-state index contributed by atoms with van der Waals surface area (Å²) in [6, 6.07) is 3.27. The molecule has 1 unspecified atom stereocenters. The fourth-order valence-electron chi connectivity index (χ4n) is 3.79. The van der Waals surface area contributed by atoms with Gasteiger partial charge in [-0.1, -0.05) is 6.07 Å². The summed E-state index contributed by atoms with van der Waals surface area (Å²) >= 11 is 0. The SMILES string of the molecule is CO[C@H](C)C1C(=O)Nc2c(C)nc(NCc3cnn(Cc4ccc(F)c(F)c4)c3)nc2N1C. The van der Waals surface area contributed by atoms with Gasteiger partial charge in [0.05, 0.1) is 24.5 Å². The largest absolute Gasteiger partial charge is 0.379 e. The predicted molar refractivity (Wildman–Crippen MR) is 119 cm³/mol. The Morgan fingerprint density at radius 1 is 1.24 bits per heavy atom. The Hall–Kier alpha value is -3.60. The zero-order valence-electron chi connectivity index (χ0n) is 18.8. The number of nitrogens with zero attached hydrogens (tertiary/aromatic N) is 5.